The molecule has 0 spiro atoms. The van der Waals surface area contributed by atoms with E-state index in [9.17, 15) is 9.59 Å². The predicted octanol–water partition coefficient (Wildman–Crippen LogP) is 3.09. The van der Waals surface area contributed by atoms with Gasteiger partial charge in [-0.25, -0.2) is 9.78 Å². The smallest absolute Gasteiger partial charge is 0.328 e. The minimum Gasteiger partial charge on any atom is -0.467 e. The Morgan fingerprint density at radius 1 is 1.23 bits per heavy atom. The van der Waals surface area contributed by atoms with Crippen molar-refractivity contribution in [1.29, 1.82) is 0 Å². The first-order valence-electron chi connectivity index (χ1n) is 9.98. The van der Waals surface area contributed by atoms with Crippen LogP contribution in [0.3, 0.4) is 0 Å². The zero-order valence-corrected chi connectivity index (χ0v) is 18.7. The Kier molecular flexibility index (Phi) is 6.91. The van der Waals surface area contributed by atoms with Crippen LogP contribution in [-0.2, 0) is 21.4 Å². The predicted molar refractivity (Wildman–Crippen MR) is 117 cm³/mol. The van der Waals surface area contributed by atoms with Gasteiger partial charge in [-0.1, -0.05) is 50.7 Å². The van der Waals surface area contributed by atoms with E-state index < -0.39 is 17.3 Å². The molecule has 2 unspecified atom stereocenters. The molecule has 30 heavy (non-hydrogen) atoms. The molecule has 9 heteroatoms. The van der Waals surface area contributed by atoms with Crippen molar-refractivity contribution in [3.05, 3.63) is 24.3 Å². The Bertz CT molecular complexity index is 1070. The highest BCUT2D eigenvalue weighted by Crippen LogP contribution is 2.28. The highest BCUT2D eigenvalue weighted by Gasteiger charge is 2.27. The van der Waals surface area contributed by atoms with Gasteiger partial charge in [0.15, 0.2) is 5.65 Å². The summed E-state index contributed by atoms with van der Waals surface area (Å²) in [7, 11) is 3.26. The second-order valence-corrected chi connectivity index (χ2v) is 8.74. The van der Waals surface area contributed by atoms with Crippen molar-refractivity contribution in [3.8, 4) is 0 Å². The van der Waals surface area contributed by atoms with E-state index in [1.165, 1.54) is 18.9 Å². The number of rotatable bonds is 8. The number of thioether (sulfide) groups is 1. The molecule has 0 aliphatic heterocycles. The normalized spacial score (nSPS) is 13.5. The molecule has 1 aromatic carbocycles. The summed E-state index contributed by atoms with van der Waals surface area (Å²) in [6.45, 7) is 5.90. The lowest BCUT2D eigenvalue weighted by atomic mass is 10.0. The third kappa shape index (κ3) is 4.56. The molecule has 0 aliphatic carbocycles. The molecule has 0 saturated carbocycles. The van der Waals surface area contributed by atoms with Crippen LogP contribution < -0.4 is 5.32 Å². The van der Waals surface area contributed by atoms with Crippen LogP contribution >= 0.6 is 11.8 Å². The lowest BCUT2D eigenvalue weighted by Crippen LogP contribution is -2.45. The first-order valence-corrected chi connectivity index (χ1v) is 10.9. The van der Waals surface area contributed by atoms with E-state index >= 15 is 0 Å². The summed E-state index contributed by atoms with van der Waals surface area (Å²) in [5.74, 6) is -0.436. The molecule has 0 radical (unpaired) electrons. The van der Waals surface area contributed by atoms with Gasteiger partial charge >= 0.3 is 5.97 Å². The lowest BCUT2D eigenvalue weighted by Gasteiger charge is -2.21. The second-order valence-electron chi connectivity index (χ2n) is 7.57. The second kappa shape index (κ2) is 9.42. The molecule has 1 amide bonds. The summed E-state index contributed by atoms with van der Waals surface area (Å²) in [5, 5.41) is 12.4. The number of methoxy groups -OCH3 is 1. The van der Waals surface area contributed by atoms with E-state index in [0.717, 1.165) is 22.1 Å². The largest absolute Gasteiger partial charge is 0.467 e. The van der Waals surface area contributed by atoms with Crippen molar-refractivity contribution in [3.63, 3.8) is 0 Å². The number of benzene rings is 1. The van der Waals surface area contributed by atoms with Gasteiger partial charge in [0.25, 0.3) is 0 Å². The molecule has 3 rings (SSSR count). The molecule has 1 N–H and O–H groups in total. The SMILES string of the molecule is CCC(Sc1nnc2c3ccccc3n(C)c2n1)C(=O)NC(CC(C)C)C(=O)OC. The highest BCUT2D eigenvalue weighted by molar-refractivity contribution is 8.00. The highest BCUT2D eigenvalue weighted by atomic mass is 32.2. The van der Waals surface area contributed by atoms with E-state index in [0.29, 0.717) is 18.0 Å². The van der Waals surface area contributed by atoms with Crippen molar-refractivity contribution in [2.75, 3.05) is 7.11 Å². The first kappa shape index (κ1) is 22.0. The Morgan fingerprint density at radius 2 is 1.97 bits per heavy atom. The number of esters is 1. The van der Waals surface area contributed by atoms with Crippen molar-refractivity contribution >= 4 is 45.7 Å². The van der Waals surface area contributed by atoms with Crippen LogP contribution in [0.15, 0.2) is 29.4 Å². The van der Waals surface area contributed by atoms with Crippen molar-refractivity contribution in [1.82, 2.24) is 25.1 Å². The number of carbonyl (C=O) groups excluding carboxylic acids is 2. The molecule has 2 aromatic heterocycles. The molecular weight excluding hydrogens is 402 g/mol. The summed E-state index contributed by atoms with van der Waals surface area (Å²) in [4.78, 5) is 29.5. The number of hydrogen-bond acceptors (Lipinski definition) is 7. The topological polar surface area (TPSA) is 99.0 Å². The zero-order valence-electron chi connectivity index (χ0n) is 17.9. The van der Waals surface area contributed by atoms with Crippen molar-refractivity contribution in [2.45, 2.75) is 50.1 Å². The van der Waals surface area contributed by atoms with Crippen molar-refractivity contribution < 1.29 is 14.3 Å². The van der Waals surface area contributed by atoms with Crippen LogP contribution in [-0.4, -0.2) is 50.0 Å². The van der Waals surface area contributed by atoms with Gasteiger partial charge in [-0.3, -0.25) is 4.79 Å². The van der Waals surface area contributed by atoms with Crippen molar-refractivity contribution in [2.24, 2.45) is 13.0 Å². The zero-order chi connectivity index (χ0) is 21.8. The van der Waals surface area contributed by atoms with Gasteiger partial charge in [0.05, 0.1) is 17.9 Å². The van der Waals surface area contributed by atoms with Crippen LogP contribution in [0.25, 0.3) is 22.1 Å². The number of aryl methyl sites for hydroxylation is 1. The van der Waals surface area contributed by atoms with Crippen LogP contribution in [0.2, 0.25) is 0 Å². The standard InChI is InChI=1S/C21H27N5O3S/c1-6-16(19(27)22-14(11-12(2)3)20(28)29-5)30-21-23-18-17(24-25-21)13-9-7-8-10-15(13)26(18)4/h7-10,12,14,16H,6,11H2,1-5H3,(H,22,27). The van der Waals surface area contributed by atoms with E-state index in [-0.39, 0.29) is 11.8 Å². The molecule has 0 aliphatic rings. The number of nitrogens with zero attached hydrogens (tertiary/aromatic N) is 4. The van der Waals surface area contributed by atoms with Gasteiger partial charge < -0.3 is 14.6 Å². The number of carbonyl (C=O) groups is 2. The number of amides is 1. The van der Waals surface area contributed by atoms with Crippen LogP contribution in [0.4, 0.5) is 0 Å². The Balaban J connectivity index is 1.81. The number of fused-ring (bicyclic) bond motifs is 3. The number of hydrogen-bond donors (Lipinski definition) is 1. The molecule has 2 heterocycles. The fourth-order valence-corrected chi connectivity index (χ4v) is 4.21. The Morgan fingerprint density at radius 3 is 2.63 bits per heavy atom. The number of aromatic nitrogens is 4. The summed E-state index contributed by atoms with van der Waals surface area (Å²) < 4.78 is 6.81. The molecule has 8 nitrogen and oxygen atoms in total. The fourth-order valence-electron chi connectivity index (χ4n) is 3.38. The number of nitrogens with one attached hydrogen (secondary N) is 1. The van der Waals surface area contributed by atoms with Gasteiger partial charge in [-0.2, -0.15) is 0 Å². The van der Waals surface area contributed by atoms with E-state index in [1.54, 1.807) is 0 Å². The third-order valence-electron chi connectivity index (χ3n) is 4.91. The quantitative estimate of drug-likeness (QED) is 0.434. The van der Waals surface area contributed by atoms with Gasteiger partial charge in [-0.05, 0) is 24.8 Å². The monoisotopic (exact) mass is 429 g/mol. The minimum absolute atomic E-state index is 0.237. The average molecular weight is 430 g/mol. The van der Waals surface area contributed by atoms with Crippen LogP contribution in [0, 0.1) is 5.92 Å². The maximum atomic E-state index is 12.8. The maximum Gasteiger partial charge on any atom is 0.328 e. The Labute approximate surface area is 179 Å². The molecule has 0 bridgehead atoms. The molecule has 0 fully saturated rings. The van der Waals surface area contributed by atoms with Gasteiger partial charge in [-0.15, -0.1) is 10.2 Å². The Hall–Kier alpha value is -2.68. The number of ether oxygens (including phenoxy) is 1. The van der Waals surface area contributed by atoms with Gasteiger partial charge in [0.1, 0.15) is 11.6 Å². The van der Waals surface area contributed by atoms with Crippen LogP contribution in [0.1, 0.15) is 33.6 Å². The van der Waals surface area contributed by atoms with Gasteiger partial charge in [0, 0.05) is 12.4 Å². The lowest BCUT2D eigenvalue weighted by molar-refractivity contribution is -0.145. The fraction of sp³-hybridized carbons (Fsp3) is 0.476. The number of para-hydroxylation sites is 1. The first-order chi connectivity index (χ1) is 14.3. The van der Waals surface area contributed by atoms with E-state index in [1.807, 2.05) is 56.7 Å². The molecule has 0 saturated heterocycles. The molecule has 2 atom stereocenters. The molecule has 160 valence electrons. The summed E-state index contributed by atoms with van der Waals surface area (Å²) in [6.07, 6.45) is 1.07. The molecular formula is C21H27N5O3S. The summed E-state index contributed by atoms with van der Waals surface area (Å²) in [5.41, 5.74) is 2.48. The van der Waals surface area contributed by atoms with Crippen LogP contribution in [0.5, 0.6) is 0 Å². The third-order valence-corrected chi connectivity index (χ3v) is 6.12. The summed E-state index contributed by atoms with van der Waals surface area (Å²) in [6, 6.07) is 7.26. The average Bonchev–Trinajstić information content (AvgIpc) is 3.02. The minimum atomic E-state index is -0.670. The van der Waals surface area contributed by atoms with Gasteiger partial charge in [0.2, 0.25) is 11.1 Å². The summed E-state index contributed by atoms with van der Waals surface area (Å²) >= 11 is 1.25. The van der Waals surface area contributed by atoms with E-state index in [4.69, 9.17) is 4.74 Å². The van der Waals surface area contributed by atoms with E-state index in [2.05, 4.69) is 20.5 Å². The maximum absolute atomic E-state index is 12.8. The molecule has 3 aromatic rings.